The SMILES string of the molecule is CN(C)CCCN(CCCN(C)C)c1ccc(NC2N=C(N)C(=O)C=C2Nc2ccc(N(CCCN(C)C)CCC[N+](C)(C)C)cc2)cc1. The number of nitrogens with two attached hydrogens (primary N) is 1. The molecular formula is C38H65N10O+. The standard InChI is InChI=1S/C38H64N10O/c1-43(2)22-10-25-46(26-11-23-44(3)4)33-20-16-32(17-21-33)41-38-35(30-36(49)37(39)42-38)40-31-14-18-34(19-15-31)47(27-12-24-45(5)6)28-13-29-48(7,8)9/h14-21,30,38,41H,10-13,22-29H2,1-9H3,(H2-,39,40,42,49)/p+1. The summed E-state index contributed by atoms with van der Waals surface area (Å²) in [6, 6.07) is 17.0. The van der Waals surface area contributed by atoms with E-state index in [1.807, 2.05) is 0 Å². The Morgan fingerprint density at radius 3 is 1.51 bits per heavy atom. The van der Waals surface area contributed by atoms with Gasteiger partial charge < -0.3 is 45.3 Å². The lowest BCUT2D eigenvalue weighted by molar-refractivity contribution is -0.870. The molecule has 0 spiro atoms. The summed E-state index contributed by atoms with van der Waals surface area (Å²) >= 11 is 0. The number of amidine groups is 1. The molecule has 0 fully saturated rings. The first kappa shape index (κ1) is 39.8. The topological polar surface area (TPSA) is 95.7 Å². The summed E-state index contributed by atoms with van der Waals surface area (Å²) in [4.78, 5) is 28.8. The third-order valence-electron chi connectivity index (χ3n) is 8.52. The van der Waals surface area contributed by atoms with Crippen molar-refractivity contribution in [1.82, 2.24) is 14.7 Å². The molecule has 2 aromatic carbocycles. The van der Waals surface area contributed by atoms with Crippen LogP contribution >= 0.6 is 0 Å². The molecule has 1 unspecified atom stereocenters. The molecule has 0 amide bonds. The Balaban J connectivity index is 1.70. The average Bonchev–Trinajstić information content (AvgIpc) is 3.02. The molecule has 1 aliphatic rings. The van der Waals surface area contributed by atoms with Gasteiger partial charge in [-0.25, -0.2) is 4.99 Å². The monoisotopic (exact) mass is 678 g/mol. The van der Waals surface area contributed by atoms with Crippen molar-refractivity contribution < 1.29 is 9.28 Å². The van der Waals surface area contributed by atoms with Gasteiger partial charge in [-0.15, -0.1) is 0 Å². The smallest absolute Gasteiger partial charge is 0.222 e. The highest BCUT2D eigenvalue weighted by Gasteiger charge is 2.23. The molecule has 2 aromatic rings. The number of anilines is 4. The van der Waals surface area contributed by atoms with Crippen LogP contribution in [0.15, 0.2) is 65.3 Å². The van der Waals surface area contributed by atoms with E-state index >= 15 is 0 Å². The van der Waals surface area contributed by atoms with E-state index in [9.17, 15) is 4.79 Å². The van der Waals surface area contributed by atoms with Crippen molar-refractivity contribution in [3.05, 3.63) is 60.3 Å². The number of nitrogens with zero attached hydrogens (tertiary/aromatic N) is 7. The van der Waals surface area contributed by atoms with Crippen molar-refractivity contribution in [1.29, 1.82) is 0 Å². The van der Waals surface area contributed by atoms with Crippen LogP contribution in [0.5, 0.6) is 0 Å². The van der Waals surface area contributed by atoms with Crippen molar-refractivity contribution in [2.75, 3.05) is 136 Å². The highest BCUT2D eigenvalue weighted by atomic mass is 16.1. The number of hydrogen-bond donors (Lipinski definition) is 3. The first-order chi connectivity index (χ1) is 23.2. The first-order valence-electron chi connectivity index (χ1n) is 17.8. The van der Waals surface area contributed by atoms with E-state index in [1.54, 1.807) is 6.08 Å². The summed E-state index contributed by atoms with van der Waals surface area (Å²) in [5.74, 6) is -0.284. The van der Waals surface area contributed by atoms with Crippen LogP contribution in [0.2, 0.25) is 0 Å². The van der Waals surface area contributed by atoms with Crippen LogP contribution in [0.25, 0.3) is 0 Å². The summed E-state index contributed by atoms with van der Waals surface area (Å²) < 4.78 is 0.959. The molecule has 0 bridgehead atoms. The van der Waals surface area contributed by atoms with Gasteiger partial charge in [0.25, 0.3) is 0 Å². The Morgan fingerprint density at radius 1 is 0.653 bits per heavy atom. The molecule has 3 rings (SSSR count). The third kappa shape index (κ3) is 14.8. The van der Waals surface area contributed by atoms with Crippen LogP contribution in [-0.4, -0.2) is 153 Å². The fraction of sp³-hybridized carbons (Fsp3) is 0.579. The van der Waals surface area contributed by atoms with Crippen LogP contribution in [0.4, 0.5) is 22.7 Å². The number of ketones is 1. The minimum atomic E-state index is -0.516. The number of carbonyl (C=O) groups is 1. The highest BCUT2D eigenvalue weighted by Crippen LogP contribution is 2.25. The van der Waals surface area contributed by atoms with Crippen LogP contribution in [0, 0.1) is 0 Å². The lowest BCUT2D eigenvalue weighted by Gasteiger charge is -2.29. The molecule has 0 radical (unpaired) electrons. The summed E-state index contributed by atoms with van der Waals surface area (Å²) in [5, 5.41) is 6.94. The van der Waals surface area contributed by atoms with Gasteiger partial charge in [0.15, 0.2) is 12.0 Å². The zero-order chi connectivity index (χ0) is 36.0. The van der Waals surface area contributed by atoms with Crippen molar-refractivity contribution >= 4 is 34.4 Å². The quantitative estimate of drug-likeness (QED) is 0.160. The maximum Gasteiger partial charge on any atom is 0.222 e. The number of carbonyl (C=O) groups excluding carboxylic acids is 1. The molecule has 49 heavy (non-hydrogen) atoms. The second kappa shape index (κ2) is 19.5. The fourth-order valence-corrected chi connectivity index (χ4v) is 5.84. The molecule has 4 N–H and O–H groups in total. The van der Waals surface area contributed by atoms with Crippen molar-refractivity contribution in [3.63, 3.8) is 0 Å². The zero-order valence-corrected chi connectivity index (χ0v) is 31.9. The van der Waals surface area contributed by atoms with Gasteiger partial charge in [0.2, 0.25) is 5.78 Å². The number of rotatable bonds is 22. The Hall–Kier alpha value is -3.64. The maximum atomic E-state index is 12.6. The Morgan fingerprint density at radius 2 is 1.08 bits per heavy atom. The Labute approximate surface area is 297 Å². The number of dihydropyridines is 1. The van der Waals surface area contributed by atoms with E-state index in [-0.39, 0.29) is 11.6 Å². The van der Waals surface area contributed by atoms with E-state index in [4.69, 9.17) is 5.73 Å². The predicted molar refractivity (Wildman–Crippen MR) is 210 cm³/mol. The highest BCUT2D eigenvalue weighted by molar-refractivity contribution is 6.43. The van der Waals surface area contributed by atoms with Gasteiger partial charge in [0.1, 0.15) is 0 Å². The zero-order valence-electron chi connectivity index (χ0n) is 31.9. The number of benzene rings is 2. The lowest BCUT2D eigenvalue weighted by Crippen LogP contribution is -2.38. The van der Waals surface area contributed by atoms with Gasteiger partial charge in [0.05, 0.1) is 33.4 Å². The van der Waals surface area contributed by atoms with E-state index in [2.05, 4.69) is 152 Å². The van der Waals surface area contributed by atoms with Gasteiger partial charge in [-0.2, -0.15) is 0 Å². The van der Waals surface area contributed by atoms with Crippen molar-refractivity contribution in [2.45, 2.75) is 31.8 Å². The number of quaternary nitrogens is 1. The van der Waals surface area contributed by atoms with Gasteiger partial charge >= 0.3 is 0 Å². The summed E-state index contributed by atoms with van der Waals surface area (Å²) in [6.07, 6.45) is 5.47. The maximum absolute atomic E-state index is 12.6. The van der Waals surface area contributed by atoms with Gasteiger partial charge in [0, 0.05) is 61.4 Å². The van der Waals surface area contributed by atoms with Gasteiger partial charge in [-0.3, -0.25) is 4.79 Å². The molecule has 1 aliphatic heterocycles. The second-order valence-electron chi connectivity index (χ2n) is 15.1. The minimum absolute atomic E-state index is 0.00484. The molecule has 1 atom stereocenters. The molecular weight excluding hydrogens is 612 g/mol. The summed E-state index contributed by atoms with van der Waals surface area (Å²) in [5.41, 5.74) is 10.9. The fourth-order valence-electron chi connectivity index (χ4n) is 5.84. The molecule has 0 saturated carbocycles. The van der Waals surface area contributed by atoms with E-state index < -0.39 is 6.17 Å². The van der Waals surface area contributed by atoms with Crippen LogP contribution in [0.3, 0.4) is 0 Å². The molecule has 0 saturated heterocycles. The number of nitrogens with one attached hydrogen (secondary N) is 2. The number of hydrogen-bond acceptors (Lipinski definition) is 10. The largest absolute Gasteiger partial charge is 0.381 e. The minimum Gasteiger partial charge on any atom is -0.381 e. The summed E-state index contributed by atoms with van der Waals surface area (Å²) in [6.45, 7) is 8.31. The lowest BCUT2D eigenvalue weighted by atomic mass is 10.1. The Kier molecular flexibility index (Phi) is 15.9. The first-order valence-corrected chi connectivity index (χ1v) is 17.8. The van der Waals surface area contributed by atoms with E-state index in [1.165, 1.54) is 11.4 Å². The molecule has 0 aromatic heterocycles. The third-order valence-corrected chi connectivity index (χ3v) is 8.52. The van der Waals surface area contributed by atoms with Crippen LogP contribution in [0.1, 0.15) is 25.7 Å². The van der Waals surface area contributed by atoms with Crippen LogP contribution in [-0.2, 0) is 4.79 Å². The van der Waals surface area contributed by atoms with Gasteiger partial charge in [-0.1, -0.05) is 0 Å². The molecule has 11 heteroatoms. The van der Waals surface area contributed by atoms with E-state index in [0.717, 1.165) is 93.9 Å². The Bertz CT molecular complexity index is 1320. The average molecular weight is 678 g/mol. The molecule has 1 heterocycles. The molecule has 0 aliphatic carbocycles. The molecule has 11 nitrogen and oxygen atoms in total. The molecule has 272 valence electrons. The van der Waals surface area contributed by atoms with Crippen molar-refractivity contribution in [2.24, 2.45) is 10.7 Å². The predicted octanol–water partition coefficient (Wildman–Crippen LogP) is 3.92. The van der Waals surface area contributed by atoms with E-state index in [0.29, 0.717) is 5.70 Å². The van der Waals surface area contributed by atoms with Crippen LogP contribution < -0.4 is 26.2 Å². The van der Waals surface area contributed by atoms with Crippen molar-refractivity contribution in [3.8, 4) is 0 Å². The number of aliphatic imine (C=N–C) groups is 1. The van der Waals surface area contributed by atoms with Gasteiger partial charge in [-0.05, 0) is 130 Å². The second-order valence-corrected chi connectivity index (χ2v) is 15.1. The normalized spacial score (nSPS) is 15.1. The summed E-state index contributed by atoms with van der Waals surface area (Å²) in [7, 11) is 19.5.